The minimum atomic E-state index is 0.426. The zero-order valence-corrected chi connectivity index (χ0v) is 10.2. The van der Waals surface area contributed by atoms with Crippen molar-refractivity contribution in [3.63, 3.8) is 0 Å². The van der Waals surface area contributed by atoms with Crippen molar-refractivity contribution in [2.24, 2.45) is 0 Å². The van der Waals surface area contributed by atoms with Crippen LogP contribution in [0.25, 0.3) is 11.4 Å². The van der Waals surface area contributed by atoms with Crippen LogP contribution in [-0.2, 0) is 6.54 Å². The second-order valence-electron chi connectivity index (χ2n) is 3.67. The molecule has 5 heteroatoms. The summed E-state index contributed by atoms with van der Waals surface area (Å²) in [5.74, 6) is 1.40. The van der Waals surface area contributed by atoms with Gasteiger partial charge in [-0.3, -0.25) is 4.68 Å². The van der Waals surface area contributed by atoms with Crippen molar-refractivity contribution < 1.29 is 4.74 Å². The third kappa shape index (κ3) is 2.66. The van der Waals surface area contributed by atoms with Crippen LogP contribution in [-0.4, -0.2) is 21.4 Å². The average molecular weight is 242 g/mol. The second kappa shape index (κ2) is 5.82. The highest BCUT2D eigenvalue weighted by molar-refractivity contribution is 5.63. The van der Waals surface area contributed by atoms with Gasteiger partial charge >= 0.3 is 0 Å². The van der Waals surface area contributed by atoms with Gasteiger partial charge in [-0.1, -0.05) is 12.1 Å². The van der Waals surface area contributed by atoms with Crippen molar-refractivity contribution in [3.05, 3.63) is 30.6 Å². The highest BCUT2D eigenvalue weighted by atomic mass is 16.5. The molecule has 5 nitrogen and oxygen atoms in total. The van der Waals surface area contributed by atoms with Crippen LogP contribution in [0.4, 0.5) is 0 Å². The van der Waals surface area contributed by atoms with E-state index in [0.717, 1.165) is 11.3 Å². The van der Waals surface area contributed by atoms with Gasteiger partial charge in [-0.2, -0.15) is 10.4 Å². The van der Waals surface area contributed by atoms with E-state index in [0.29, 0.717) is 25.4 Å². The zero-order valence-electron chi connectivity index (χ0n) is 10.2. The average Bonchev–Trinajstić information content (AvgIpc) is 2.86. The summed E-state index contributed by atoms with van der Waals surface area (Å²) in [4.78, 5) is 4.24. The van der Waals surface area contributed by atoms with Gasteiger partial charge in [0.15, 0.2) is 5.82 Å². The van der Waals surface area contributed by atoms with Gasteiger partial charge in [0.25, 0.3) is 0 Å². The summed E-state index contributed by atoms with van der Waals surface area (Å²) in [6.45, 7) is 3.10. The number of benzene rings is 1. The predicted octanol–water partition coefficient (Wildman–Crippen LogP) is 2.26. The van der Waals surface area contributed by atoms with Gasteiger partial charge in [0.2, 0.25) is 0 Å². The van der Waals surface area contributed by atoms with E-state index in [1.807, 2.05) is 31.2 Å². The van der Waals surface area contributed by atoms with Crippen molar-refractivity contribution in [1.82, 2.24) is 14.8 Å². The lowest BCUT2D eigenvalue weighted by atomic mass is 10.2. The molecule has 0 amide bonds. The molecule has 92 valence electrons. The molecule has 0 aliphatic rings. The molecule has 0 aliphatic heterocycles. The van der Waals surface area contributed by atoms with Gasteiger partial charge in [0, 0.05) is 0 Å². The zero-order chi connectivity index (χ0) is 12.8. The number of para-hydroxylation sites is 1. The highest BCUT2D eigenvalue weighted by Crippen LogP contribution is 2.26. The lowest BCUT2D eigenvalue weighted by molar-refractivity contribution is 0.341. The smallest absolute Gasteiger partial charge is 0.184 e. The first-order chi connectivity index (χ1) is 8.85. The Bertz CT molecular complexity index is 556. The molecule has 0 bridgehead atoms. The molecule has 0 N–H and O–H groups in total. The van der Waals surface area contributed by atoms with E-state index < -0.39 is 0 Å². The third-order valence-corrected chi connectivity index (χ3v) is 2.42. The van der Waals surface area contributed by atoms with Crippen LogP contribution in [0.3, 0.4) is 0 Å². The number of rotatable bonds is 5. The summed E-state index contributed by atoms with van der Waals surface area (Å²) in [6.07, 6.45) is 2.06. The van der Waals surface area contributed by atoms with Crippen LogP contribution in [0.5, 0.6) is 5.75 Å². The van der Waals surface area contributed by atoms with Crippen LogP contribution in [0.1, 0.15) is 13.3 Å². The Balaban J connectivity index is 2.25. The molecule has 0 spiro atoms. The van der Waals surface area contributed by atoms with E-state index in [1.165, 1.54) is 0 Å². The summed E-state index contributed by atoms with van der Waals surface area (Å²) < 4.78 is 7.21. The van der Waals surface area contributed by atoms with Crippen molar-refractivity contribution in [2.75, 3.05) is 6.61 Å². The lowest BCUT2D eigenvalue weighted by Crippen LogP contribution is -1.98. The topological polar surface area (TPSA) is 63.7 Å². The molecular formula is C13H14N4O. The van der Waals surface area contributed by atoms with Crippen LogP contribution in [0, 0.1) is 11.3 Å². The molecule has 0 radical (unpaired) electrons. The van der Waals surface area contributed by atoms with Gasteiger partial charge in [0.1, 0.15) is 12.1 Å². The molecule has 1 aromatic heterocycles. The number of aromatic nitrogens is 3. The molecule has 0 unspecified atom stereocenters. The standard InChI is InChI=1S/C13H14N4O/c1-2-18-12-7-4-3-6-11(12)13-15-10-17(16-13)9-5-8-14/h3-4,6-7,10H,2,5,9H2,1H3. The largest absolute Gasteiger partial charge is 0.493 e. The number of aryl methyl sites for hydroxylation is 1. The maximum absolute atomic E-state index is 8.53. The van der Waals surface area contributed by atoms with Gasteiger partial charge in [0.05, 0.1) is 31.2 Å². The van der Waals surface area contributed by atoms with E-state index in [1.54, 1.807) is 11.0 Å². The Morgan fingerprint density at radius 1 is 1.39 bits per heavy atom. The predicted molar refractivity (Wildman–Crippen MR) is 66.9 cm³/mol. The van der Waals surface area contributed by atoms with Gasteiger partial charge < -0.3 is 4.74 Å². The SMILES string of the molecule is CCOc1ccccc1-c1ncn(CCC#N)n1. The molecule has 0 aliphatic carbocycles. The van der Waals surface area contributed by atoms with Crippen molar-refractivity contribution in [2.45, 2.75) is 19.9 Å². The molecular weight excluding hydrogens is 228 g/mol. The molecule has 0 saturated heterocycles. The fourth-order valence-electron chi connectivity index (χ4n) is 1.62. The second-order valence-corrected chi connectivity index (χ2v) is 3.67. The van der Waals surface area contributed by atoms with Gasteiger partial charge in [-0.15, -0.1) is 0 Å². The van der Waals surface area contributed by atoms with Crippen LogP contribution in [0.2, 0.25) is 0 Å². The summed E-state index contributed by atoms with van der Waals surface area (Å²) in [5.41, 5.74) is 0.870. The molecule has 1 heterocycles. The molecule has 2 rings (SSSR count). The Morgan fingerprint density at radius 2 is 2.22 bits per heavy atom. The third-order valence-electron chi connectivity index (χ3n) is 2.42. The summed E-state index contributed by atoms with van der Waals surface area (Å²) in [7, 11) is 0. The number of ether oxygens (including phenoxy) is 1. The Morgan fingerprint density at radius 3 is 3.00 bits per heavy atom. The Labute approximate surface area is 106 Å². The fraction of sp³-hybridized carbons (Fsp3) is 0.308. The molecule has 18 heavy (non-hydrogen) atoms. The minimum absolute atomic E-state index is 0.426. The molecule has 2 aromatic rings. The van der Waals surface area contributed by atoms with E-state index in [-0.39, 0.29) is 0 Å². The van der Waals surface area contributed by atoms with Crippen LogP contribution >= 0.6 is 0 Å². The van der Waals surface area contributed by atoms with Crippen molar-refractivity contribution >= 4 is 0 Å². The maximum Gasteiger partial charge on any atom is 0.184 e. The first kappa shape index (κ1) is 12.1. The fourth-order valence-corrected chi connectivity index (χ4v) is 1.62. The molecule has 0 fully saturated rings. The van der Waals surface area contributed by atoms with E-state index in [2.05, 4.69) is 16.2 Å². The Hall–Kier alpha value is -2.35. The molecule has 0 atom stereocenters. The van der Waals surface area contributed by atoms with Crippen LogP contribution < -0.4 is 4.74 Å². The highest BCUT2D eigenvalue weighted by Gasteiger charge is 2.09. The first-order valence-electron chi connectivity index (χ1n) is 5.83. The number of hydrogen-bond donors (Lipinski definition) is 0. The van der Waals surface area contributed by atoms with Crippen molar-refractivity contribution in [1.29, 1.82) is 5.26 Å². The van der Waals surface area contributed by atoms with E-state index >= 15 is 0 Å². The number of nitrogens with zero attached hydrogens (tertiary/aromatic N) is 4. The summed E-state index contributed by atoms with van der Waals surface area (Å²) >= 11 is 0. The van der Waals surface area contributed by atoms with Gasteiger partial charge in [-0.05, 0) is 19.1 Å². The number of nitriles is 1. The van der Waals surface area contributed by atoms with E-state index in [4.69, 9.17) is 10.00 Å². The van der Waals surface area contributed by atoms with Crippen molar-refractivity contribution in [3.8, 4) is 23.2 Å². The van der Waals surface area contributed by atoms with E-state index in [9.17, 15) is 0 Å². The monoisotopic (exact) mass is 242 g/mol. The Kier molecular flexibility index (Phi) is 3.92. The van der Waals surface area contributed by atoms with Crippen LogP contribution in [0.15, 0.2) is 30.6 Å². The molecule has 0 saturated carbocycles. The minimum Gasteiger partial charge on any atom is -0.493 e. The molecule has 1 aromatic carbocycles. The quantitative estimate of drug-likeness (QED) is 0.806. The number of hydrogen-bond acceptors (Lipinski definition) is 4. The summed E-state index contributed by atoms with van der Waals surface area (Å²) in [6, 6.07) is 9.75. The normalized spacial score (nSPS) is 10.0. The lowest BCUT2D eigenvalue weighted by Gasteiger charge is -2.06. The summed E-state index contributed by atoms with van der Waals surface area (Å²) in [5, 5.41) is 12.9. The maximum atomic E-state index is 8.53. The van der Waals surface area contributed by atoms with Gasteiger partial charge in [-0.25, -0.2) is 4.98 Å². The first-order valence-corrected chi connectivity index (χ1v) is 5.83.